The second-order valence-corrected chi connectivity index (χ2v) is 6.17. The molecule has 0 aliphatic rings. The van der Waals surface area contributed by atoms with Crippen LogP contribution in [-0.2, 0) is 16.1 Å². The van der Waals surface area contributed by atoms with Crippen LogP contribution in [0.4, 0.5) is 0 Å². The van der Waals surface area contributed by atoms with E-state index in [0.29, 0.717) is 25.6 Å². The van der Waals surface area contributed by atoms with Crippen LogP contribution in [-0.4, -0.2) is 35.3 Å². The van der Waals surface area contributed by atoms with Gasteiger partial charge in [-0.3, -0.25) is 4.79 Å². The lowest BCUT2D eigenvalue weighted by Crippen LogP contribution is -2.48. The smallest absolute Gasteiger partial charge is 0.238 e. The topological polar surface area (TPSA) is 69.3 Å². The minimum absolute atomic E-state index is 0.153. The quantitative estimate of drug-likeness (QED) is 0.756. The maximum absolute atomic E-state index is 11.9. The molecule has 0 aliphatic carbocycles. The lowest BCUT2D eigenvalue weighted by molar-refractivity contribution is -0.124. The van der Waals surface area contributed by atoms with Gasteiger partial charge in [-0.1, -0.05) is 13.8 Å². The molecule has 1 rings (SSSR count). The molecule has 0 bridgehead atoms. The molecule has 1 atom stereocenters. The summed E-state index contributed by atoms with van der Waals surface area (Å²) < 4.78 is 7.66. The summed E-state index contributed by atoms with van der Waals surface area (Å²) in [4.78, 5) is 11.9. The van der Waals surface area contributed by atoms with Gasteiger partial charge in [-0.05, 0) is 31.9 Å². The van der Waals surface area contributed by atoms with Gasteiger partial charge in [-0.15, -0.1) is 0 Å². The molecule has 1 aromatic rings. The third kappa shape index (κ3) is 6.21. The fourth-order valence-electron chi connectivity index (χ4n) is 1.68. The Morgan fingerprint density at radius 3 is 2.50 bits per heavy atom. The Balaban J connectivity index is 2.34. The highest BCUT2D eigenvalue weighted by molar-refractivity contribution is 5.81. The first-order valence-corrected chi connectivity index (χ1v) is 7.08. The van der Waals surface area contributed by atoms with Gasteiger partial charge >= 0.3 is 0 Å². The molecule has 0 aliphatic heterocycles. The van der Waals surface area contributed by atoms with E-state index < -0.39 is 6.04 Å². The fraction of sp³-hybridized carbons (Fsp3) is 0.667. The molecule has 0 aromatic carbocycles. The Kier molecular flexibility index (Phi) is 6.23. The Bertz CT molecular complexity index is 399. The van der Waals surface area contributed by atoms with E-state index in [2.05, 4.69) is 19.2 Å². The summed E-state index contributed by atoms with van der Waals surface area (Å²) in [6.07, 6.45) is 3.78. The largest absolute Gasteiger partial charge is 0.373 e. The third-order valence-electron chi connectivity index (χ3n) is 2.91. The van der Waals surface area contributed by atoms with E-state index in [1.807, 2.05) is 42.9 Å². The molecule has 0 saturated heterocycles. The van der Waals surface area contributed by atoms with Crippen molar-refractivity contribution in [3.63, 3.8) is 0 Å². The number of carbonyl (C=O) groups excluding carboxylic acids is 1. The minimum Gasteiger partial charge on any atom is -0.373 e. The Hall–Kier alpha value is -1.33. The second-order valence-electron chi connectivity index (χ2n) is 6.17. The average Bonchev–Trinajstić information content (AvgIpc) is 2.86. The number of ether oxygens (including phenoxy) is 1. The second kappa shape index (κ2) is 7.45. The number of carbonyl (C=O) groups is 1. The van der Waals surface area contributed by atoms with E-state index >= 15 is 0 Å². The lowest BCUT2D eigenvalue weighted by Gasteiger charge is -2.27. The van der Waals surface area contributed by atoms with Crippen LogP contribution in [0, 0.1) is 5.92 Å². The number of rotatable bonds is 8. The molecular weight excluding hydrogens is 254 g/mol. The molecule has 3 N–H and O–H groups in total. The molecular formula is C15H27N3O2. The van der Waals surface area contributed by atoms with Crippen molar-refractivity contribution in [1.82, 2.24) is 9.88 Å². The van der Waals surface area contributed by atoms with Gasteiger partial charge in [0.15, 0.2) is 0 Å². The van der Waals surface area contributed by atoms with E-state index in [-0.39, 0.29) is 11.5 Å². The molecule has 114 valence electrons. The van der Waals surface area contributed by atoms with Crippen LogP contribution in [0.3, 0.4) is 0 Å². The lowest BCUT2D eigenvalue weighted by atomic mass is 10.1. The normalized spacial score (nSPS) is 13.5. The van der Waals surface area contributed by atoms with Crippen molar-refractivity contribution in [2.75, 3.05) is 13.2 Å². The van der Waals surface area contributed by atoms with Gasteiger partial charge < -0.3 is 20.4 Å². The molecule has 0 saturated carbocycles. The first-order chi connectivity index (χ1) is 9.30. The standard InChI is InChI=1S/C15H27N3O2/c1-12(2)10-20-15(3,4)11-17-14(19)13(16)9-18-7-5-6-8-18/h5-8,12-13H,9-11,16H2,1-4H3,(H,17,19). The number of nitrogens with zero attached hydrogens (tertiary/aromatic N) is 1. The van der Waals surface area contributed by atoms with E-state index in [1.54, 1.807) is 0 Å². The van der Waals surface area contributed by atoms with Gasteiger partial charge in [0.1, 0.15) is 6.04 Å². The van der Waals surface area contributed by atoms with Gasteiger partial charge in [-0.25, -0.2) is 0 Å². The van der Waals surface area contributed by atoms with Crippen LogP contribution < -0.4 is 11.1 Å². The van der Waals surface area contributed by atoms with E-state index in [9.17, 15) is 4.79 Å². The van der Waals surface area contributed by atoms with Gasteiger partial charge in [0.25, 0.3) is 0 Å². The minimum atomic E-state index is -0.553. The summed E-state index contributed by atoms with van der Waals surface area (Å²) in [6.45, 7) is 9.74. The summed E-state index contributed by atoms with van der Waals surface area (Å²) in [5, 5.41) is 2.86. The monoisotopic (exact) mass is 281 g/mol. The highest BCUT2D eigenvalue weighted by Gasteiger charge is 2.22. The number of nitrogens with two attached hydrogens (primary N) is 1. The van der Waals surface area contributed by atoms with Crippen LogP contribution in [0.15, 0.2) is 24.5 Å². The molecule has 20 heavy (non-hydrogen) atoms. The summed E-state index contributed by atoms with van der Waals surface area (Å²) in [6, 6.07) is 3.27. The summed E-state index contributed by atoms with van der Waals surface area (Å²) in [7, 11) is 0. The molecule has 1 amide bonds. The van der Waals surface area contributed by atoms with E-state index in [4.69, 9.17) is 10.5 Å². The molecule has 5 nitrogen and oxygen atoms in total. The number of hydrogen-bond donors (Lipinski definition) is 2. The van der Waals surface area contributed by atoms with Crippen molar-refractivity contribution in [3.05, 3.63) is 24.5 Å². The predicted octanol–water partition coefficient (Wildman–Crippen LogP) is 1.38. The Morgan fingerprint density at radius 1 is 1.35 bits per heavy atom. The van der Waals surface area contributed by atoms with Crippen molar-refractivity contribution in [2.24, 2.45) is 11.7 Å². The molecule has 1 heterocycles. The van der Waals surface area contributed by atoms with Crippen molar-refractivity contribution < 1.29 is 9.53 Å². The maximum Gasteiger partial charge on any atom is 0.238 e. The van der Waals surface area contributed by atoms with Crippen molar-refractivity contribution in [2.45, 2.75) is 45.9 Å². The number of aromatic nitrogens is 1. The van der Waals surface area contributed by atoms with Crippen LogP contribution >= 0.6 is 0 Å². The SMILES string of the molecule is CC(C)COC(C)(C)CNC(=O)C(N)Cn1cccc1. The molecule has 1 aromatic heterocycles. The molecule has 0 fully saturated rings. The summed E-state index contributed by atoms with van der Waals surface area (Å²) >= 11 is 0. The zero-order chi connectivity index (χ0) is 15.2. The molecule has 1 unspecified atom stereocenters. The number of nitrogens with one attached hydrogen (secondary N) is 1. The van der Waals surface area contributed by atoms with E-state index in [0.717, 1.165) is 0 Å². The highest BCUT2D eigenvalue weighted by Crippen LogP contribution is 2.10. The highest BCUT2D eigenvalue weighted by atomic mass is 16.5. The Morgan fingerprint density at radius 2 is 1.95 bits per heavy atom. The number of hydrogen-bond acceptors (Lipinski definition) is 3. The van der Waals surface area contributed by atoms with E-state index in [1.165, 1.54) is 0 Å². The first kappa shape index (κ1) is 16.7. The van der Waals surface area contributed by atoms with Gasteiger partial charge in [-0.2, -0.15) is 0 Å². The van der Waals surface area contributed by atoms with Crippen molar-refractivity contribution in [3.8, 4) is 0 Å². The van der Waals surface area contributed by atoms with Crippen LogP contribution in [0.5, 0.6) is 0 Å². The molecule has 5 heteroatoms. The van der Waals surface area contributed by atoms with Crippen LogP contribution in [0.25, 0.3) is 0 Å². The molecule has 0 spiro atoms. The molecule has 0 radical (unpaired) electrons. The summed E-state index contributed by atoms with van der Waals surface area (Å²) in [5.41, 5.74) is 5.50. The fourth-order valence-corrected chi connectivity index (χ4v) is 1.68. The average molecular weight is 281 g/mol. The maximum atomic E-state index is 11.9. The summed E-state index contributed by atoms with van der Waals surface area (Å²) in [5.74, 6) is 0.320. The third-order valence-corrected chi connectivity index (χ3v) is 2.91. The van der Waals surface area contributed by atoms with Gasteiger partial charge in [0, 0.05) is 32.1 Å². The van der Waals surface area contributed by atoms with Crippen molar-refractivity contribution >= 4 is 5.91 Å². The zero-order valence-corrected chi connectivity index (χ0v) is 12.9. The van der Waals surface area contributed by atoms with Crippen LogP contribution in [0.2, 0.25) is 0 Å². The van der Waals surface area contributed by atoms with Crippen molar-refractivity contribution in [1.29, 1.82) is 0 Å². The first-order valence-electron chi connectivity index (χ1n) is 7.08. The van der Waals surface area contributed by atoms with Gasteiger partial charge in [0.05, 0.1) is 5.60 Å². The number of amides is 1. The predicted molar refractivity (Wildman–Crippen MR) is 80.3 cm³/mol. The zero-order valence-electron chi connectivity index (χ0n) is 12.9. The Labute approximate surface area is 121 Å². The van der Waals surface area contributed by atoms with Crippen LogP contribution in [0.1, 0.15) is 27.7 Å². The van der Waals surface area contributed by atoms with Gasteiger partial charge in [0.2, 0.25) is 5.91 Å².